The van der Waals surface area contributed by atoms with Crippen LogP contribution in [0.2, 0.25) is 0 Å². The van der Waals surface area contributed by atoms with Crippen LogP contribution in [-0.4, -0.2) is 13.4 Å². The highest BCUT2D eigenvalue weighted by atomic mass is 32.2. The first-order valence-electron chi connectivity index (χ1n) is 6.67. The second kappa shape index (κ2) is 6.34. The lowest BCUT2D eigenvalue weighted by molar-refractivity contribution is 0.562. The van der Waals surface area contributed by atoms with E-state index in [1.165, 1.54) is 12.3 Å². The largest absolute Gasteiger partial charge is 0.326 e. The molecule has 1 aromatic heterocycles. The molecule has 3 N–H and O–H groups in total. The number of sulfonamides is 1. The van der Waals surface area contributed by atoms with Crippen LogP contribution >= 0.6 is 0 Å². The number of nitrogens with two attached hydrogens (primary N) is 1. The standard InChI is InChI=1S/C15H19N3O2S/c1-11-5-3-4-6-14(11)12(2)18-21(19,20)15-8-7-13(9-16)10-17-15/h3-8,10,12,18H,9,16H2,1-2H3. The Morgan fingerprint density at radius 3 is 2.52 bits per heavy atom. The second-order valence-corrected chi connectivity index (χ2v) is 6.57. The molecule has 2 rings (SSSR count). The second-order valence-electron chi connectivity index (χ2n) is 4.91. The van der Waals surface area contributed by atoms with Crippen LogP contribution in [0.1, 0.15) is 29.7 Å². The molecule has 2 aromatic rings. The van der Waals surface area contributed by atoms with E-state index in [9.17, 15) is 8.42 Å². The fourth-order valence-electron chi connectivity index (χ4n) is 2.12. The molecule has 0 aliphatic rings. The summed E-state index contributed by atoms with van der Waals surface area (Å²) in [6, 6.07) is 10.5. The Labute approximate surface area is 125 Å². The summed E-state index contributed by atoms with van der Waals surface area (Å²) in [5.41, 5.74) is 8.25. The van der Waals surface area contributed by atoms with E-state index >= 15 is 0 Å². The number of aromatic nitrogens is 1. The van der Waals surface area contributed by atoms with Crippen LogP contribution in [0.5, 0.6) is 0 Å². The van der Waals surface area contributed by atoms with Crippen molar-refractivity contribution >= 4 is 10.0 Å². The highest BCUT2D eigenvalue weighted by Crippen LogP contribution is 2.19. The Morgan fingerprint density at radius 2 is 1.95 bits per heavy atom. The number of hydrogen-bond donors (Lipinski definition) is 2. The molecule has 112 valence electrons. The van der Waals surface area contributed by atoms with Crippen molar-refractivity contribution in [2.24, 2.45) is 5.73 Å². The van der Waals surface area contributed by atoms with E-state index in [2.05, 4.69) is 9.71 Å². The highest BCUT2D eigenvalue weighted by Gasteiger charge is 2.20. The van der Waals surface area contributed by atoms with Gasteiger partial charge in [0, 0.05) is 18.8 Å². The minimum absolute atomic E-state index is 0.000124. The first kappa shape index (κ1) is 15.6. The zero-order valence-electron chi connectivity index (χ0n) is 12.1. The first-order valence-corrected chi connectivity index (χ1v) is 8.15. The third-order valence-corrected chi connectivity index (χ3v) is 4.75. The van der Waals surface area contributed by atoms with Crippen LogP contribution < -0.4 is 10.5 Å². The van der Waals surface area contributed by atoms with Crippen molar-refractivity contribution in [1.82, 2.24) is 9.71 Å². The molecule has 1 aromatic carbocycles. The lowest BCUT2D eigenvalue weighted by Crippen LogP contribution is -2.28. The molecule has 6 heteroatoms. The number of nitrogens with zero attached hydrogens (tertiary/aromatic N) is 1. The summed E-state index contributed by atoms with van der Waals surface area (Å²) in [5, 5.41) is 0.000124. The zero-order valence-corrected chi connectivity index (χ0v) is 12.9. The summed E-state index contributed by atoms with van der Waals surface area (Å²) >= 11 is 0. The molecule has 0 saturated heterocycles. The normalized spacial score (nSPS) is 13.1. The highest BCUT2D eigenvalue weighted by molar-refractivity contribution is 7.89. The van der Waals surface area contributed by atoms with Gasteiger partial charge in [0.05, 0.1) is 0 Å². The monoisotopic (exact) mass is 305 g/mol. The summed E-state index contributed by atoms with van der Waals surface area (Å²) in [7, 11) is -3.65. The van der Waals surface area contributed by atoms with Crippen molar-refractivity contribution in [2.45, 2.75) is 31.5 Å². The van der Waals surface area contributed by atoms with Crippen molar-refractivity contribution in [3.8, 4) is 0 Å². The van der Waals surface area contributed by atoms with E-state index < -0.39 is 10.0 Å². The Morgan fingerprint density at radius 1 is 1.24 bits per heavy atom. The molecule has 5 nitrogen and oxygen atoms in total. The maximum Gasteiger partial charge on any atom is 0.258 e. The van der Waals surface area contributed by atoms with Gasteiger partial charge in [0.25, 0.3) is 10.0 Å². The molecule has 1 atom stereocenters. The number of pyridine rings is 1. The van der Waals surface area contributed by atoms with Crippen LogP contribution in [0.25, 0.3) is 0 Å². The Kier molecular flexibility index (Phi) is 4.72. The SMILES string of the molecule is Cc1ccccc1C(C)NS(=O)(=O)c1ccc(CN)cn1. The van der Waals surface area contributed by atoms with Gasteiger partial charge in [-0.3, -0.25) is 0 Å². The van der Waals surface area contributed by atoms with E-state index in [1.807, 2.05) is 38.1 Å². The number of benzene rings is 1. The van der Waals surface area contributed by atoms with Crippen molar-refractivity contribution in [3.63, 3.8) is 0 Å². The number of aryl methyl sites for hydroxylation is 1. The fraction of sp³-hybridized carbons (Fsp3) is 0.267. The molecule has 0 spiro atoms. The van der Waals surface area contributed by atoms with E-state index in [4.69, 9.17) is 5.73 Å². The Hall–Kier alpha value is -1.76. The van der Waals surface area contributed by atoms with Gasteiger partial charge in [0.1, 0.15) is 0 Å². The molecular formula is C15H19N3O2S. The maximum absolute atomic E-state index is 12.3. The van der Waals surface area contributed by atoms with Gasteiger partial charge in [0.2, 0.25) is 0 Å². The zero-order chi connectivity index (χ0) is 15.5. The molecule has 0 radical (unpaired) electrons. The smallest absolute Gasteiger partial charge is 0.258 e. The van der Waals surface area contributed by atoms with Gasteiger partial charge in [-0.2, -0.15) is 0 Å². The third kappa shape index (κ3) is 3.66. The molecule has 21 heavy (non-hydrogen) atoms. The Balaban J connectivity index is 2.22. The Bertz CT molecular complexity index is 712. The van der Waals surface area contributed by atoms with E-state index in [-0.39, 0.29) is 11.1 Å². The van der Waals surface area contributed by atoms with Gasteiger partial charge in [-0.1, -0.05) is 30.3 Å². The van der Waals surface area contributed by atoms with Gasteiger partial charge in [-0.25, -0.2) is 18.1 Å². The van der Waals surface area contributed by atoms with Crippen LogP contribution in [0.15, 0.2) is 47.6 Å². The molecule has 1 unspecified atom stereocenters. The van der Waals surface area contributed by atoms with Crippen LogP contribution in [-0.2, 0) is 16.6 Å². The molecule has 0 bridgehead atoms. The van der Waals surface area contributed by atoms with Crippen molar-refractivity contribution in [1.29, 1.82) is 0 Å². The first-order chi connectivity index (χ1) is 9.94. The minimum Gasteiger partial charge on any atom is -0.326 e. The lowest BCUT2D eigenvalue weighted by Gasteiger charge is -2.16. The summed E-state index contributed by atoms with van der Waals surface area (Å²) in [5.74, 6) is 0. The van der Waals surface area contributed by atoms with E-state index in [0.29, 0.717) is 6.54 Å². The van der Waals surface area contributed by atoms with Crippen molar-refractivity contribution in [3.05, 3.63) is 59.3 Å². The average molecular weight is 305 g/mol. The van der Waals surface area contributed by atoms with Gasteiger partial charge < -0.3 is 5.73 Å². The molecule has 0 aliphatic heterocycles. The minimum atomic E-state index is -3.65. The van der Waals surface area contributed by atoms with Gasteiger partial charge in [0.15, 0.2) is 5.03 Å². The third-order valence-electron chi connectivity index (χ3n) is 3.30. The predicted octanol–water partition coefficient (Wildman–Crippen LogP) is 1.89. The summed E-state index contributed by atoms with van der Waals surface area (Å²) < 4.78 is 27.3. The van der Waals surface area contributed by atoms with E-state index in [1.54, 1.807) is 6.07 Å². The predicted molar refractivity (Wildman–Crippen MR) is 82.0 cm³/mol. The van der Waals surface area contributed by atoms with Crippen LogP contribution in [0.4, 0.5) is 0 Å². The topological polar surface area (TPSA) is 85.1 Å². The molecule has 1 heterocycles. The van der Waals surface area contributed by atoms with Gasteiger partial charge in [-0.15, -0.1) is 0 Å². The molecular weight excluding hydrogens is 286 g/mol. The molecule has 0 fully saturated rings. The van der Waals surface area contributed by atoms with Gasteiger partial charge >= 0.3 is 0 Å². The molecule has 0 amide bonds. The van der Waals surface area contributed by atoms with E-state index in [0.717, 1.165) is 16.7 Å². The van der Waals surface area contributed by atoms with Crippen molar-refractivity contribution in [2.75, 3.05) is 0 Å². The quantitative estimate of drug-likeness (QED) is 0.883. The number of hydrogen-bond acceptors (Lipinski definition) is 4. The number of nitrogens with one attached hydrogen (secondary N) is 1. The summed E-state index contributed by atoms with van der Waals surface area (Å²) in [6.07, 6.45) is 1.48. The average Bonchev–Trinajstić information content (AvgIpc) is 2.47. The lowest BCUT2D eigenvalue weighted by atomic mass is 10.0. The maximum atomic E-state index is 12.3. The molecule has 0 saturated carbocycles. The van der Waals surface area contributed by atoms with Crippen LogP contribution in [0.3, 0.4) is 0 Å². The van der Waals surface area contributed by atoms with Gasteiger partial charge in [-0.05, 0) is 36.6 Å². The number of rotatable bonds is 5. The molecule has 0 aliphatic carbocycles. The van der Waals surface area contributed by atoms with Crippen LogP contribution in [0, 0.1) is 6.92 Å². The fourth-order valence-corrected chi connectivity index (χ4v) is 3.27. The van der Waals surface area contributed by atoms with Crippen molar-refractivity contribution < 1.29 is 8.42 Å². The summed E-state index contributed by atoms with van der Waals surface area (Å²) in [4.78, 5) is 3.96. The summed E-state index contributed by atoms with van der Waals surface area (Å²) in [6.45, 7) is 4.10.